The van der Waals surface area contributed by atoms with E-state index in [9.17, 15) is 10.1 Å². The zero-order chi connectivity index (χ0) is 9.68. The first-order valence-electron chi connectivity index (χ1n) is 3.83. The Kier molecular flexibility index (Phi) is 3.13. The van der Waals surface area contributed by atoms with E-state index in [-0.39, 0.29) is 11.7 Å². The van der Waals surface area contributed by atoms with E-state index in [1.165, 1.54) is 0 Å². The lowest BCUT2D eigenvalue weighted by Gasteiger charge is -1.99. The van der Waals surface area contributed by atoms with Gasteiger partial charge >= 0.3 is 11.7 Å². The first-order valence-corrected chi connectivity index (χ1v) is 3.83. The third kappa shape index (κ3) is 2.66. The number of ether oxygens (including phenoxy) is 1. The van der Waals surface area contributed by atoms with Crippen LogP contribution in [-0.2, 0) is 0 Å². The predicted molar refractivity (Wildman–Crippen MR) is 44.5 cm³/mol. The molecule has 0 unspecified atom stereocenters. The van der Waals surface area contributed by atoms with Crippen molar-refractivity contribution in [3.05, 3.63) is 22.5 Å². The van der Waals surface area contributed by atoms with Crippen LogP contribution in [0.4, 0.5) is 5.69 Å². The standard InChI is InChI=1S/C7H9N3O3/c1-2-3-13-7-8-4-6(5-9-7)10(11)12/h4-5H,2-3H2,1H3. The minimum Gasteiger partial charge on any atom is -0.463 e. The predicted octanol–water partition coefficient (Wildman–Crippen LogP) is 1.17. The molecule has 1 rings (SSSR count). The van der Waals surface area contributed by atoms with Crippen LogP contribution in [0.25, 0.3) is 0 Å². The number of nitro groups is 1. The third-order valence-corrected chi connectivity index (χ3v) is 1.26. The maximum absolute atomic E-state index is 10.2. The molecule has 70 valence electrons. The zero-order valence-corrected chi connectivity index (χ0v) is 7.14. The molecule has 0 aliphatic rings. The van der Waals surface area contributed by atoms with E-state index < -0.39 is 4.92 Å². The second-order valence-corrected chi connectivity index (χ2v) is 2.33. The van der Waals surface area contributed by atoms with Gasteiger partial charge in [-0.2, -0.15) is 9.97 Å². The average molecular weight is 183 g/mol. The van der Waals surface area contributed by atoms with Crippen LogP contribution in [0.3, 0.4) is 0 Å². The largest absolute Gasteiger partial charge is 0.463 e. The fourth-order valence-electron chi connectivity index (χ4n) is 0.672. The van der Waals surface area contributed by atoms with Gasteiger partial charge in [0.25, 0.3) is 0 Å². The van der Waals surface area contributed by atoms with Crippen LogP contribution in [0, 0.1) is 10.1 Å². The summed E-state index contributed by atoms with van der Waals surface area (Å²) in [6, 6.07) is 0.174. The highest BCUT2D eigenvalue weighted by Gasteiger charge is 2.06. The van der Waals surface area contributed by atoms with Crippen LogP contribution < -0.4 is 4.74 Å². The molecule has 13 heavy (non-hydrogen) atoms. The Hall–Kier alpha value is -1.72. The lowest BCUT2D eigenvalue weighted by molar-refractivity contribution is -0.385. The van der Waals surface area contributed by atoms with Crippen molar-refractivity contribution in [1.29, 1.82) is 0 Å². The number of hydrogen-bond donors (Lipinski definition) is 0. The van der Waals surface area contributed by atoms with Crippen molar-refractivity contribution in [2.24, 2.45) is 0 Å². The van der Waals surface area contributed by atoms with Crippen molar-refractivity contribution in [1.82, 2.24) is 9.97 Å². The number of aromatic nitrogens is 2. The van der Waals surface area contributed by atoms with Crippen molar-refractivity contribution in [3.8, 4) is 6.01 Å². The van der Waals surface area contributed by atoms with Gasteiger partial charge in [-0.05, 0) is 6.42 Å². The Morgan fingerprint density at radius 1 is 1.54 bits per heavy atom. The van der Waals surface area contributed by atoms with E-state index in [1.54, 1.807) is 0 Å². The normalized spacial score (nSPS) is 9.62. The van der Waals surface area contributed by atoms with Gasteiger partial charge in [0, 0.05) is 0 Å². The van der Waals surface area contributed by atoms with Crippen molar-refractivity contribution < 1.29 is 9.66 Å². The lowest BCUT2D eigenvalue weighted by Crippen LogP contribution is -2.00. The first kappa shape index (κ1) is 9.37. The summed E-state index contributed by atoms with van der Waals surface area (Å²) in [5, 5.41) is 10.2. The highest BCUT2D eigenvalue weighted by atomic mass is 16.6. The average Bonchev–Trinajstić information content (AvgIpc) is 2.15. The Labute approximate surface area is 74.7 Å². The molecule has 0 aromatic carbocycles. The van der Waals surface area contributed by atoms with E-state index >= 15 is 0 Å². The molecular weight excluding hydrogens is 174 g/mol. The molecule has 0 fully saturated rings. The summed E-state index contributed by atoms with van der Waals surface area (Å²) in [6.45, 7) is 2.46. The number of rotatable bonds is 4. The maximum Gasteiger partial charge on any atom is 0.316 e. The van der Waals surface area contributed by atoms with Gasteiger partial charge in [-0.25, -0.2) is 0 Å². The van der Waals surface area contributed by atoms with Crippen LogP contribution in [0.1, 0.15) is 13.3 Å². The molecule has 0 aliphatic heterocycles. The van der Waals surface area contributed by atoms with Crippen molar-refractivity contribution >= 4 is 5.69 Å². The SMILES string of the molecule is CCCOc1ncc([N+](=O)[O-])cn1. The second-order valence-electron chi connectivity index (χ2n) is 2.33. The summed E-state index contributed by atoms with van der Waals surface area (Å²) < 4.78 is 5.05. The first-order chi connectivity index (χ1) is 6.24. The summed E-state index contributed by atoms with van der Waals surface area (Å²) in [7, 11) is 0. The lowest BCUT2D eigenvalue weighted by atomic mass is 10.5. The summed E-state index contributed by atoms with van der Waals surface area (Å²) in [5.74, 6) is 0. The fraction of sp³-hybridized carbons (Fsp3) is 0.429. The van der Waals surface area contributed by atoms with E-state index in [0.29, 0.717) is 6.61 Å². The maximum atomic E-state index is 10.2. The topological polar surface area (TPSA) is 78.2 Å². The Morgan fingerprint density at radius 3 is 2.62 bits per heavy atom. The molecular formula is C7H9N3O3. The fourth-order valence-corrected chi connectivity index (χ4v) is 0.672. The molecule has 0 amide bonds. The van der Waals surface area contributed by atoms with E-state index in [0.717, 1.165) is 18.8 Å². The summed E-state index contributed by atoms with van der Waals surface area (Å²) >= 11 is 0. The van der Waals surface area contributed by atoms with Crippen LogP contribution in [-0.4, -0.2) is 21.5 Å². The minimum atomic E-state index is -0.552. The van der Waals surface area contributed by atoms with E-state index in [2.05, 4.69) is 9.97 Å². The molecule has 0 N–H and O–H groups in total. The summed E-state index contributed by atoms with van der Waals surface area (Å²) in [6.07, 6.45) is 3.09. The molecule has 6 nitrogen and oxygen atoms in total. The molecule has 0 atom stereocenters. The molecule has 6 heteroatoms. The Morgan fingerprint density at radius 2 is 2.15 bits per heavy atom. The molecule has 0 bridgehead atoms. The van der Waals surface area contributed by atoms with E-state index in [4.69, 9.17) is 4.74 Å². The molecule has 0 aliphatic carbocycles. The highest BCUT2D eigenvalue weighted by molar-refractivity contribution is 5.21. The van der Waals surface area contributed by atoms with Gasteiger partial charge in [-0.1, -0.05) is 6.92 Å². The van der Waals surface area contributed by atoms with Gasteiger partial charge in [0.05, 0.1) is 11.5 Å². The molecule has 1 heterocycles. The quantitative estimate of drug-likeness (QED) is 0.517. The van der Waals surface area contributed by atoms with Crippen LogP contribution in [0.5, 0.6) is 6.01 Å². The molecule has 0 radical (unpaired) electrons. The second kappa shape index (κ2) is 4.34. The van der Waals surface area contributed by atoms with Gasteiger partial charge < -0.3 is 4.74 Å². The van der Waals surface area contributed by atoms with Crippen molar-refractivity contribution in [2.75, 3.05) is 6.61 Å². The third-order valence-electron chi connectivity index (χ3n) is 1.26. The van der Waals surface area contributed by atoms with Crippen molar-refractivity contribution in [2.45, 2.75) is 13.3 Å². The molecule has 0 saturated heterocycles. The smallest absolute Gasteiger partial charge is 0.316 e. The van der Waals surface area contributed by atoms with Crippen molar-refractivity contribution in [3.63, 3.8) is 0 Å². The molecule has 1 aromatic rings. The highest BCUT2D eigenvalue weighted by Crippen LogP contribution is 2.09. The summed E-state index contributed by atoms with van der Waals surface area (Å²) in [5.41, 5.74) is -0.135. The minimum absolute atomic E-state index is 0.135. The van der Waals surface area contributed by atoms with Crippen LogP contribution in [0.2, 0.25) is 0 Å². The van der Waals surface area contributed by atoms with Gasteiger partial charge in [0.2, 0.25) is 0 Å². The molecule has 0 spiro atoms. The monoisotopic (exact) mass is 183 g/mol. The van der Waals surface area contributed by atoms with Gasteiger partial charge in [0.1, 0.15) is 12.4 Å². The Bertz CT molecular complexity index is 286. The van der Waals surface area contributed by atoms with Crippen LogP contribution in [0.15, 0.2) is 12.4 Å². The van der Waals surface area contributed by atoms with Crippen LogP contribution >= 0.6 is 0 Å². The van der Waals surface area contributed by atoms with Gasteiger partial charge in [0.15, 0.2) is 0 Å². The summed E-state index contributed by atoms with van der Waals surface area (Å²) in [4.78, 5) is 17.0. The molecule has 1 aromatic heterocycles. The zero-order valence-electron chi connectivity index (χ0n) is 7.14. The van der Waals surface area contributed by atoms with E-state index in [1.807, 2.05) is 6.92 Å². The Balaban J connectivity index is 2.64. The molecule has 0 saturated carbocycles. The van der Waals surface area contributed by atoms with Gasteiger partial charge in [-0.3, -0.25) is 10.1 Å². The van der Waals surface area contributed by atoms with Gasteiger partial charge in [-0.15, -0.1) is 0 Å². The number of hydrogen-bond acceptors (Lipinski definition) is 5. The number of nitrogens with zero attached hydrogens (tertiary/aromatic N) is 3.